The fourth-order valence-electron chi connectivity index (χ4n) is 3.25. The smallest absolute Gasteiger partial charge is 0.229 e. The zero-order chi connectivity index (χ0) is 23.5. The Balaban J connectivity index is 1.86. The van der Waals surface area contributed by atoms with E-state index in [0.717, 1.165) is 41.3 Å². The summed E-state index contributed by atoms with van der Waals surface area (Å²) in [6.07, 6.45) is 0. The molecule has 32 heavy (non-hydrogen) atoms. The van der Waals surface area contributed by atoms with Crippen LogP contribution in [0.1, 0.15) is 52.7 Å². The van der Waals surface area contributed by atoms with E-state index < -0.39 is 5.41 Å². The molecule has 1 fully saturated rings. The molecule has 0 aromatic heterocycles. The van der Waals surface area contributed by atoms with Crippen molar-refractivity contribution in [1.82, 2.24) is 10.6 Å². The summed E-state index contributed by atoms with van der Waals surface area (Å²) in [5, 5.41) is 21.1. The van der Waals surface area contributed by atoms with Gasteiger partial charge in [-0.1, -0.05) is 47.6 Å². The van der Waals surface area contributed by atoms with Crippen LogP contribution in [-0.2, 0) is 10.2 Å². The van der Waals surface area contributed by atoms with Crippen LogP contribution in [0.3, 0.4) is 0 Å². The van der Waals surface area contributed by atoms with E-state index in [1.165, 1.54) is 0 Å². The molecular formula is C25H34N6O. The molecule has 2 aromatic carbocycles. The number of amides is 1. The van der Waals surface area contributed by atoms with Crippen LogP contribution in [0.15, 0.2) is 47.5 Å². The van der Waals surface area contributed by atoms with Crippen LogP contribution >= 0.6 is 0 Å². The number of aliphatic imine (C=N–C) groups is 1. The lowest BCUT2D eigenvalue weighted by molar-refractivity contribution is -0.123. The average Bonchev–Trinajstić information content (AvgIpc) is 3.20. The minimum Gasteiger partial charge on any atom is -0.355 e. The highest BCUT2D eigenvalue weighted by molar-refractivity contribution is 6.05. The molecule has 170 valence electrons. The first-order chi connectivity index (χ1) is 14.9. The molecule has 5 N–H and O–H groups in total. The molecule has 0 radical (unpaired) electrons. The van der Waals surface area contributed by atoms with E-state index in [2.05, 4.69) is 47.0 Å². The predicted molar refractivity (Wildman–Crippen MR) is 133 cm³/mol. The van der Waals surface area contributed by atoms with Crippen molar-refractivity contribution in [3.63, 3.8) is 0 Å². The van der Waals surface area contributed by atoms with Gasteiger partial charge in [-0.25, -0.2) is 0 Å². The van der Waals surface area contributed by atoms with Gasteiger partial charge in [0.15, 0.2) is 11.8 Å². The van der Waals surface area contributed by atoms with E-state index in [1.807, 2.05) is 63.2 Å². The van der Waals surface area contributed by atoms with Crippen molar-refractivity contribution in [2.75, 3.05) is 23.7 Å². The Morgan fingerprint density at radius 2 is 1.62 bits per heavy atom. The van der Waals surface area contributed by atoms with Gasteiger partial charge in [0.2, 0.25) is 5.91 Å². The van der Waals surface area contributed by atoms with Gasteiger partial charge in [-0.2, -0.15) is 4.99 Å². The molecule has 1 aliphatic heterocycles. The molecule has 1 amide bonds. The minimum atomic E-state index is -0.462. The first-order valence-electron chi connectivity index (χ1n) is 10.9. The van der Waals surface area contributed by atoms with Gasteiger partial charge in [0.25, 0.3) is 0 Å². The summed E-state index contributed by atoms with van der Waals surface area (Å²) in [6, 6.07) is 13.6. The number of hydrogen-bond donors (Lipinski definition) is 5. The van der Waals surface area contributed by atoms with Crippen molar-refractivity contribution >= 4 is 34.8 Å². The number of guanidine groups is 1. The molecule has 7 nitrogen and oxygen atoms in total. The van der Waals surface area contributed by atoms with E-state index in [0.29, 0.717) is 5.96 Å². The molecule has 0 unspecified atom stereocenters. The molecule has 1 aliphatic rings. The van der Waals surface area contributed by atoms with Gasteiger partial charge < -0.3 is 21.3 Å². The van der Waals surface area contributed by atoms with Crippen molar-refractivity contribution in [2.45, 2.75) is 47.0 Å². The van der Waals surface area contributed by atoms with Crippen LogP contribution in [0, 0.1) is 10.8 Å². The highest BCUT2D eigenvalue weighted by Crippen LogP contribution is 2.33. The van der Waals surface area contributed by atoms with E-state index >= 15 is 0 Å². The fourth-order valence-corrected chi connectivity index (χ4v) is 3.25. The third-order valence-corrected chi connectivity index (χ3v) is 5.12. The Morgan fingerprint density at radius 1 is 0.969 bits per heavy atom. The van der Waals surface area contributed by atoms with Crippen molar-refractivity contribution in [3.05, 3.63) is 53.6 Å². The maximum Gasteiger partial charge on any atom is 0.229 e. The molecule has 0 saturated carbocycles. The van der Waals surface area contributed by atoms with E-state index in [-0.39, 0.29) is 17.2 Å². The Bertz CT molecular complexity index is 1040. The second-order valence-corrected chi connectivity index (χ2v) is 10.1. The summed E-state index contributed by atoms with van der Waals surface area (Å²) in [5.41, 5.74) is 3.82. The first-order valence-corrected chi connectivity index (χ1v) is 10.9. The highest BCUT2D eigenvalue weighted by Gasteiger charge is 2.22. The summed E-state index contributed by atoms with van der Waals surface area (Å²) in [5.74, 6) is 0.829. The minimum absolute atomic E-state index is 0.0271. The number of rotatable bonds is 4. The van der Waals surface area contributed by atoms with Crippen LogP contribution in [0.5, 0.6) is 0 Å². The Kier molecular flexibility index (Phi) is 6.57. The quantitative estimate of drug-likeness (QED) is 0.359. The molecule has 2 aromatic rings. The summed E-state index contributed by atoms with van der Waals surface area (Å²) < 4.78 is 0. The second-order valence-electron chi connectivity index (χ2n) is 10.1. The lowest BCUT2D eigenvalue weighted by Gasteiger charge is -2.25. The SMILES string of the molecule is CC(C)(C)C(=O)Nc1cccc(Nc2ccc(C(=N)N=C3NCCN3)cc2C(C)(C)C)c1. The van der Waals surface area contributed by atoms with Crippen LogP contribution < -0.4 is 21.3 Å². The molecule has 1 saturated heterocycles. The zero-order valence-corrected chi connectivity index (χ0v) is 19.8. The Hall–Kier alpha value is -3.35. The molecule has 1 heterocycles. The summed E-state index contributed by atoms with van der Waals surface area (Å²) in [6.45, 7) is 13.7. The lowest BCUT2D eigenvalue weighted by Crippen LogP contribution is -2.27. The van der Waals surface area contributed by atoms with Crippen molar-refractivity contribution in [3.8, 4) is 0 Å². The van der Waals surface area contributed by atoms with Crippen LogP contribution in [0.25, 0.3) is 0 Å². The molecular weight excluding hydrogens is 400 g/mol. The molecule has 0 atom stereocenters. The standard InChI is InChI=1S/C25H34N6O/c1-24(2,3)19-14-16(21(26)31-23-27-12-13-28-23)10-11-20(19)29-17-8-7-9-18(15-17)30-22(32)25(4,5)6/h7-11,14-15,29H,12-13H2,1-6H3,(H,30,32)(H3,26,27,28,31). The molecule has 0 bridgehead atoms. The molecule has 7 heteroatoms. The largest absolute Gasteiger partial charge is 0.355 e. The van der Waals surface area contributed by atoms with Gasteiger partial charge in [-0.3, -0.25) is 10.2 Å². The van der Waals surface area contributed by atoms with Gasteiger partial charge in [0.05, 0.1) is 0 Å². The van der Waals surface area contributed by atoms with Crippen molar-refractivity contribution in [1.29, 1.82) is 5.41 Å². The predicted octanol–water partition coefficient (Wildman–Crippen LogP) is 4.59. The fraction of sp³-hybridized carbons (Fsp3) is 0.400. The number of hydrogen-bond acceptors (Lipinski definition) is 3. The van der Waals surface area contributed by atoms with Gasteiger partial charge in [0, 0.05) is 41.1 Å². The summed E-state index contributed by atoms with van der Waals surface area (Å²) in [4.78, 5) is 16.7. The topological polar surface area (TPSA) is 101 Å². The van der Waals surface area contributed by atoms with Crippen LogP contribution in [0.2, 0.25) is 0 Å². The monoisotopic (exact) mass is 434 g/mol. The van der Waals surface area contributed by atoms with Gasteiger partial charge in [0.1, 0.15) is 0 Å². The van der Waals surface area contributed by atoms with Gasteiger partial charge in [-0.15, -0.1) is 0 Å². The summed E-state index contributed by atoms with van der Waals surface area (Å²) in [7, 11) is 0. The van der Waals surface area contributed by atoms with E-state index in [9.17, 15) is 4.79 Å². The number of nitrogens with zero attached hydrogens (tertiary/aromatic N) is 1. The van der Waals surface area contributed by atoms with Crippen LogP contribution in [-0.4, -0.2) is 30.8 Å². The Morgan fingerprint density at radius 3 is 2.25 bits per heavy atom. The molecule has 0 aliphatic carbocycles. The van der Waals surface area contributed by atoms with Crippen LogP contribution in [0.4, 0.5) is 17.1 Å². The number of carbonyl (C=O) groups excluding carboxylic acids is 1. The molecule has 3 rings (SSSR count). The normalized spacial score (nSPS) is 13.8. The maximum atomic E-state index is 12.3. The van der Waals surface area contributed by atoms with E-state index in [4.69, 9.17) is 5.41 Å². The lowest BCUT2D eigenvalue weighted by atomic mass is 9.84. The third-order valence-electron chi connectivity index (χ3n) is 5.12. The molecule has 0 spiro atoms. The highest BCUT2D eigenvalue weighted by atomic mass is 16.2. The van der Waals surface area contributed by atoms with E-state index in [1.54, 1.807) is 0 Å². The Labute approximate surface area is 190 Å². The maximum absolute atomic E-state index is 12.3. The summed E-state index contributed by atoms with van der Waals surface area (Å²) >= 11 is 0. The number of anilines is 3. The number of nitrogens with one attached hydrogen (secondary N) is 5. The number of benzene rings is 2. The number of carbonyl (C=O) groups is 1. The van der Waals surface area contributed by atoms with Crippen molar-refractivity contribution in [2.24, 2.45) is 10.4 Å². The van der Waals surface area contributed by atoms with Gasteiger partial charge in [-0.05, 0) is 47.4 Å². The second kappa shape index (κ2) is 9.02. The third kappa shape index (κ3) is 5.87. The van der Waals surface area contributed by atoms with Crippen molar-refractivity contribution < 1.29 is 4.79 Å². The average molecular weight is 435 g/mol. The van der Waals surface area contributed by atoms with Gasteiger partial charge >= 0.3 is 0 Å². The zero-order valence-electron chi connectivity index (χ0n) is 19.8. The first kappa shape index (κ1) is 23.3. The number of amidine groups is 1.